The van der Waals surface area contributed by atoms with Crippen LogP contribution in [0.1, 0.15) is 12.5 Å². The van der Waals surface area contributed by atoms with Gasteiger partial charge in [0.25, 0.3) is 0 Å². The summed E-state index contributed by atoms with van der Waals surface area (Å²) >= 11 is 23.8. The number of fused-ring (bicyclic) bond motifs is 1. The van der Waals surface area contributed by atoms with Crippen LogP contribution in [0.4, 0.5) is 0 Å². The third-order valence-corrected chi connectivity index (χ3v) is 4.67. The van der Waals surface area contributed by atoms with Crippen molar-refractivity contribution in [3.05, 3.63) is 29.8 Å². The Morgan fingerprint density at radius 2 is 1.80 bits per heavy atom. The van der Waals surface area contributed by atoms with Crippen molar-refractivity contribution in [2.45, 2.75) is 12.0 Å². The van der Waals surface area contributed by atoms with E-state index < -0.39 is 10.2 Å². The van der Waals surface area contributed by atoms with E-state index in [4.69, 9.17) is 54.4 Å². The molecule has 2 rings (SSSR count). The van der Waals surface area contributed by atoms with Gasteiger partial charge in [-0.15, -0.1) is 0 Å². The Kier molecular flexibility index (Phi) is 2.64. The second-order valence-electron chi connectivity index (χ2n) is 3.28. The van der Waals surface area contributed by atoms with Crippen LogP contribution in [0.5, 0.6) is 5.75 Å². The van der Waals surface area contributed by atoms with E-state index in [1.807, 2.05) is 6.07 Å². The molecule has 0 fully saturated rings. The van der Waals surface area contributed by atoms with E-state index in [0.29, 0.717) is 11.3 Å². The fourth-order valence-corrected chi connectivity index (χ4v) is 5.31. The van der Waals surface area contributed by atoms with Gasteiger partial charge >= 0.3 is 107 Å². The first kappa shape index (κ1) is 12.0. The molecule has 2 nitrogen and oxygen atoms in total. The van der Waals surface area contributed by atoms with Crippen molar-refractivity contribution >= 4 is 50.4 Å². The Hall–Kier alpha value is 0.570. The fourth-order valence-electron chi connectivity index (χ4n) is 1.40. The van der Waals surface area contributed by atoms with Gasteiger partial charge in [0.1, 0.15) is 0 Å². The van der Waals surface area contributed by atoms with E-state index in [2.05, 4.69) is 0 Å². The SMILES string of the molecule is CC1(Cl)OP(Cl)(Cl)(Cl)Oc2ccccc21. The molecule has 0 saturated carbocycles. The molecule has 0 saturated heterocycles. The summed E-state index contributed by atoms with van der Waals surface area (Å²) in [5, 5.41) is -5.34. The van der Waals surface area contributed by atoms with E-state index in [1.54, 1.807) is 25.1 Å². The molecule has 1 aliphatic heterocycles. The molecular weight excluding hydrogens is 301 g/mol. The molecule has 0 radical (unpaired) electrons. The molecule has 1 aliphatic rings. The van der Waals surface area contributed by atoms with Crippen molar-refractivity contribution < 1.29 is 9.05 Å². The topological polar surface area (TPSA) is 18.5 Å². The zero-order valence-corrected chi connectivity index (χ0v) is 11.5. The average molecular weight is 308 g/mol. The van der Waals surface area contributed by atoms with Gasteiger partial charge in [-0.1, -0.05) is 0 Å². The predicted molar refractivity (Wildman–Crippen MR) is 65.8 cm³/mol. The summed E-state index contributed by atoms with van der Waals surface area (Å²) in [5.41, 5.74) is 0.647. The summed E-state index contributed by atoms with van der Waals surface area (Å²) in [6.07, 6.45) is 0. The van der Waals surface area contributed by atoms with Crippen LogP contribution in [-0.4, -0.2) is 0 Å². The van der Waals surface area contributed by atoms with Crippen LogP contribution in [-0.2, 0) is 9.58 Å². The van der Waals surface area contributed by atoms with Crippen molar-refractivity contribution in [1.82, 2.24) is 0 Å². The van der Waals surface area contributed by atoms with Crippen molar-refractivity contribution in [2.75, 3.05) is 0 Å². The molecule has 7 heteroatoms. The van der Waals surface area contributed by atoms with Gasteiger partial charge in [-0.25, -0.2) is 0 Å². The Morgan fingerprint density at radius 3 is 2.47 bits per heavy atom. The third kappa shape index (κ3) is 2.46. The standard InChI is InChI=1S/C8H7Cl4O2P/c1-8(9)6-4-2-3-5-7(6)13-15(10,11,12)14-8/h2-5H,1H3. The van der Waals surface area contributed by atoms with Crippen LogP contribution in [0.25, 0.3) is 0 Å². The minimum atomic E-state index is -4.16. The molecular formula is C8H7Cl4O2P. The van der Waals surface area contributed by atoms with Gasteiger partial charge in [-0.05, 0) is 0 Å². The van der Waals surface area contributed by atoms with Crippen LogP contribution in [0.15, 0.2) is 24.3 Å². The first-order valence-corrected chi connectivity index (χ1v) is 9.21. The van der Waals surface area contributed by atoms with Crippen LogP contribution < -0.4 is 4.52 Å². The van der Waals surface area contributed by atoms with Gasteiger partial charge in [0.2, 0.25) is 0 Å². The quantitative estimate of drug-likeness (QED) is 0.475. The normalized spacial score (nSPS) is 34.3. The zero-order valence-electron chi connectivity index (χ0n) is 7.58. The molecule has 0 amide bonds. The molecule has 1 aromatic rings. The van der Waals surface area contributed by atoms with Crippen molar-refractivity contribution in [2.24, 2.45) is 0 Å². The van der Waals surface area contributed by atoms with Crippen LogP contribution in [0.2, 0.25) is 0 Å². The fraction of sp³-hybridized carbons (Fsp3) is 0.250. The summed E-state index contributed by atoms with van der Waals surface area (Å²) in [6, 6.07) is 7.03. The predicted octanol–water partition coefficient (Wildman–Crippen LogP) is 5.35. The van der Waals surface area contributed by atoms with E-state index in [1.165, 1.54) is 0 Å². The van der Waals surface area contributed by atoms with Gasteiger partial charge < -0.3 is 0 Å². The molecule has 0 spiro atoms. The summed E-state index contributed by atoms with van der Waals surface area (Å²) in [7, 11) is 0. The second kappa shape index (κ2) is 3.29. The molecule has 1 aromatic carbocycles. The minimum absolute atomic E-state index is 0.443. The number of hydrogen-bond donors (Lipinski definition) is 0. The Morgan fingerprint density at radius 1 is 1.20 bits per heavy atom. The van der Waals surface area contributed by atoms with Crippen molar-refractivity contribution in [3.8, 4) is 5.75 Å². The van der Waals surface area contributed by atoms with Crippen LogP contribution >= 0.6 is 50.4 Å². The molecule has 0 bridgehead atoms. The summed E-state index contributed by atoms with van der Waals surface area (Å²) < 4.78 is 10.5. The van der Waals surface area contributed by atoms with Gasteiger partial charge in [-0.2, -0.15) is 0 Å². The number of para-hydroxylation sites is 1. The van der Waals surface area contributed by atoms with Gasteiger partial charge in [0, 0.05) is 0 Å². The Labute approximate surface area is 107 Å². The molecule has 1 unspecified atom stereocenters. The first-order chi connectivity index (χ1) is 6.67. The van der Waals surface area contributed by atoms with Gasteiger partial charge in [-0.3, -0.25) is 0 Å². The van der Waals surface area contributed by atoms with E-state index >= 15 is 0 Å². The van der Waals surface area contributed by atoms with E-state index in [-0.39, 0.29) is 0 Å². The monoisotopic (exact) mass is 306 g/mol. The summed E-state index contributed by atoms with van der Waals surface area (Å²) in [5.74, 6) is 0.443. The third-order valence-electron chi connectivity index (χ3n) is 1.92. The Balaban J connectivity index is 2.59. The van der Waals surface area contributed by atoms with Crippen LogP contribution in [0.3, 0.4) is 0 Å². The van der Waals surface area contributed by atoms with Crippen LogP contribution in [0, 0.1) is 0 Å². The molecule has 1 heterocycles. The first-order valence-electron chi connectivity index (χ1n) is 4.05. The van der Waals surface area contributed by atoms with Gasteiger partial charge in [0.15, 0.2) is 0 Å². The zero-order chi connectivity index (χ0) is 11.3. The van der Waals surface area contributed by atoms with E-state index in [0.717, 1.165) is 0 Å². The maximum atomic E-state index is 6.15. The summed E-state index contributed by atoms with van der Waals surface area (Å²) in [6.45, 7) is 1.62. The maximum absolute atomic E-state index is 6.15. The second-order valence-corrected chi connectivity index (χ2v) is 12.8. The number of rotatable bonds is 0. The molecule has 15 heavy (non-hydrogen) atoms. The number of halogens is 4. The van der Waals surface area contributed by atoms with Gasteiger partial charge in [0.05, 0.1) is 0 Å². The summed E-state index contributed by atoms with van der Waals surface area (Å²) in [4.78, 5) is 0. The molecule has 0 aliphatic carbocycles. The van der Waals surface area contributed by atoms with E-state index in [9.17, 15) is 0 Å². The van der Waals surface area contributed by atoms with Crippen molar-refractivity contribution in [1.29, 1.82) is 0 Å². The number of hydrogen-bond acceptors (Lipinski definition) is 2. The number of benzene rings is 1. The molecule has 0 N–H and O–H groups in total. The molecule has 0 aromatic heterocycles. The van der Waals surface area contributed by atoms with Crippen molar-refractivity contribution in [3.63, 3.8) is 0 Å². The Bertz CT molecular complexity index is 413. The average Bonchev–Trinajstić information content (AvgIpc) is 1.98. The number of alkyl halides is 1. The molecule has 1 atom stereocenters. The molecule has 84 valence electrons.